The average molecular weight is 414 g/mol. The lowest BCUT2D eigenvalue weighted by Gasteiger charge is -2.29. The van der Waals surface area contributed by atoms with Gasteiger partial charge in [-0.1, -0.05) is 48.0 Å². The molecule has 0 fully saturated rings. The van der Waals surface area contributed by atoms with E-state index in [-0.39, 0.29) is 16.2 Å². The normalized spacial score (nSPS) is 16.8. The van der Waals surface area contributed by atoms with E-state index in [1.54, 1.807) is 49.4 Å². The predicted octanol–water partition coefficient (Wildman–Crippen LogP) is 2.56. The molecule has 0 aliphatic carbocycles. The van der Waals surface area contributed by atoms with Crippen LogP contribution in [0.2, 0.25) is 0 Å². The molecule has 0 aromatic heterocycles. The zero-order chi connectivity index (χ0) is 21.2. The van der Waals surface area contributed by atoms with Crippen molar-refractivity contribution in [3.05, 3.63) is 76.5 Å². The van der Waals surface area contributed by atoms with Crippen LogP contribution in [-0.2, 0) is 19.4 Å². The number of nitrogens with one attached hydrogen (secondary N) is 2. The first-order valence-electron chi connectivity index (χ1n) is 8.97. The summed E-state index contributed by atoms with van der Waals surface area (Å²) in [6.45, 7) is 3.59. The molecule has 8 heteroatoms. The van der Waals surface area contributed by atoms with Gasteiger partial charge in [0.15, 0.2) is 9.84 Å². The molecular formula is C21H22N2O5S. The zero-order valence-corrected chi connectivity index (χ0v) is 17.2. The van der Waals surface area contributed by atoms with Crippen LogP contribution in [0.4, 0.5) is 4.79 Å². The van der Waals surface area contributed by atoms with Crippen LogP contribution < -0.4 is 10.6 Å². The monoisotopic (exact) mass is 414 g/mol. The van der Waals surface area contributed by atoms with Crippen LogP contribution in [0.3, 0.4) is 0 Å². The molecule has 1 heterocycles. The summed E-state index contributed by atoms with van der Waals surface area (Å²) in [6.07, 6.45) is 0. The Bertz CT molecular complexity index is 1090. The molecule has 7 nitrogen and oxygen atoms in total. The molecule has 1 aliphatic rings. The smallest absolute Gasteiger partial charge is 0.338 e. The molecular weight excluding hydrogens is 392 g/mol. The van der Waals surface area contributed by atoms with E-state index in [9.17, 15) is 18.0 Å². The van der Waals surface area contributed by atoms with Crippen molar-refractivity contribution in [2.75, 3.05) is 12.9 Å². The van der Waals surface area contributed by atoms with Crippen LogP contribution in [0, 0.1) is 13.8 Å². The standard InChI is InChI=1S/C21H22N2O5S/c1-13-9-10-17(14(2)11-13)29(26,27)12-16-18(20(24)28-3)19(23-21(25)22-16)15-7-5-4-6-8-15/h4-11,19H,12H2,1-3H3,(H2,22,23,25). The van der Waals surface area contributed by atoms with Crippen LogP contribution in [0.5, 0.6) is 0 Å². The van der Waals surface area contributed by atoms with Gasteiger partial charge in [0.1, 0.15) is 0 Å². The van der Waals surface area contributed by atoms with Gasteiger partial charge in [-0.15, -0.1) is 0 Å². The van der Waals surface area contributed by atoms with Crippen LogP contribution >= 0.6 is 0 Å². The third-order valence-electron chi connectivity index (χ3n) is 4.69. The number of benzene rings is 2. The molecule has 0 spiro atoms. The van der Waals surface area contributed by atoms with Crippen LogP contribution in [0.15, 0.2) is 64.7 Å². The number of esters is 1. The zero-order valence-electron chi connectivity index (χ0n) is 16.4. The average Bonchev–Trinajstić information content (AvgIpc) is 2.67. The van der Waals surface area contributed by atoms with E-state index in [1.807, 2.05) is 6.92 Å². The maximum absolute atomic E-state index is 13.1. The summed E-state index contributed by atoms with van der Waals surface area (Å²) in [5.41, 5.74) is 2.26. The molecule has 2 aromatic carbocycles. The highest BCUT2D eigenvalue weighted by Gasteiger charge is 2.35. The number of hydrogen-bond acceptors (Lipinski definition) is 5. The topological polar surface area (TPSA) is 102 Å². The molecule has 152 valence electrons. The number of carbonyl (C=O) groups excluding carboxylic acids is 2. The van der Waals surface area contributed by atoms with Crippen molar-refractivity contribution in [2.24, 2.45) is 0 Å². The largest absolute Gasteiger partial charge is 0.466 e. The minimum Gasteiger partial charge on any atom is -0.466 e. The predicted molar refractivity (Wildman–Crippen MR) is 108 cm³/mol. The van der Waals surface area contributed by atoms with Gasteiger partial charge in [-0.2, -0.15) is 0 Å². The lowest BCUT2D eigenvalue weighted by Crippen LogP contribution is -2.47. The molecule has 0 bridgehead atoms. The van der Waals surface area contributed by atoms with Gasteiger partial charge in [0.05, 0.1) is 29.4 Å². The summed E-state index contributed by atoms with van der Waals surface area (Å²) in [7, 11) is -2.61. The van der Waals surface area contributed by atoms with E-state index >= 15 is 0 Å². The summed E-state index contributed by atoms with van der Waals surface area (Å²) in [5, 5.41) is 5.16. The van der Waals surface area contributed by atoms with Crippen molar-refractivity contribution in [3.63, 3.8) is 0 Å². The molecule has 0 saturated carbocycles. The van der Waals surface area contributed by atoms with Gasteiger partial charge in [0.25, 0.3) is 0 Å². The fourth-order valence-corrected chi connectivity index (χ4v) is 4.98. The number of aryl methyl sites for hydroxylation is 2. The van der Waals surface area contributed by atoms with E-state index in [1.165, 1.54) is 13.2 Å². The lowest BCUT2D eigenvalue weighted by atomic mass is 9.96. The van der Waals surface area contributed by atoms with Gasteiger partial charge in [0, 0.05) is 5.70 Å². The maximum Gasteiger partial charge on any atom is 0.338 e. The van der Waals surface area contributed by atoms with Crippen molar-refractivity contribution in [2.45, 2.75) is 24.8 Å². The van der Waals surface area contributed by atoms with Crippen molar-refractivity contribution in [1.82, 2.24) is 10.6 Å². The number of rotatable bonds is 5. The van der Waals surface area contributed by atoms with E-state index in [2.05, 4.69) is 10.6 Å². The molecule has 2 N–H and O–H groups in total. The Kier molecular flexibility index (Phi) is 5.74. The first-order chi connectivity index (χ1) is 13.7. The number of ether oxygens (including phenoxy) is 1. The number of hydrogen-bond donors (Lipinski definition) is 2. The number of carbonyl (C=O) groups is 2. The Morgan fingerprint density at radius 3 is 2.41 bits per heavy atom. The van der Waals surface area contributed by atoms with Crippen molar-refractivity contribution >= 4 is 21.8 Å². The fourth-order valence-electron chi connectivity index (χ4n) is 3.39. The molecule has 2 aromatic rings. The molecule has 1 atom stereocenters. The molecule has 0 radical (unpaired) electrons. The summed E-state index contributed by atoms with van der Waals surface area (Å²) in [5.74, 6) is -1.24. The Hall–Kier alpha value is -3.13. The van der Waals surface area contributed by atoms with E-state index in [4.69, 9.17) is 4.74 Å². The first kappa shape index (κ1) is 20.6. The van der Waals surface area contributed by atoms with Gasteiger partial charge in [-0.3, -0.25) is 0 Å². The molecule has 29 heavy (non-hydrogen) atoms. The lowest BCUT2D eigenvalue weighted by molar-refractivity contribution is -0.136. The first-order valence-corrected chi connectivity index (χ1v) is 10.6. The third kappa shape index (κ3) is 4.32. The number of methoxy groups -OCH3 is 1. The van der Waals surface area contributed by atoms with Gasteiger partial charge in [-0.05, 0) is 31.0 Å². The number of sulfone groups is 1. The minimum absolute atomic E-state index is 0.00873. The summed E-state index contributed by atoms with van der Waals surface area (Å²) < 4.78 is 31.0. The Balaban J connectivity index is 2.11. The SMILES string of the molecule is COC(=O)C1=C(CS(=O)(=O)c2ccc(C)cc2C)NC(=O)NC1c1ccccc1. The highest BCUT2D eigenvalue weighted by molar-refractivity contribution is 7.91. The third-order valence-corrected chi connectivity index (χ3v) is 6.49. The molecule has 3 rings (SSSR count). The van der Waals surface area contributed by atoms with Crippen LogP contribution in [0.25, 0.3) is 0 Å². The second-order valence-electron chi connectivity index (χ2n) is 6.85. The Labute approximate surface area is 169 Å². The van der Waals surface area contributed by atoms with E-state index < -0.39 is 33.6 Å². The maximum atomic E-state index is 13.1. The Morgan fingerprint density at radius 1 is 1.10 bits per heavy atom. The molecule has 1 aliphatic heterocycles. The second-order valence-corrected chi connectivity index (χ2v) is 8.81. The Morgan fingerprint density at radius 2 is 1.79 bits per heavy atom. The molecule has 0 saturated heterocycles. The highest BCUT2D eigenvalue weighted by atomic mass is 32.2. The van der Waals surface area contributed by atoms with Crippen molar-refractivity contribution in [3.8, 4) is 0 Å². The van der Waals surface area contributed by atoms with Crippen LogP contribution in [0.1, 0.15) is 22.7 Å². The van der Waals surface area contributed by atoms with Gasteiger partial charge in [0.2, 0.25) is 0 Å². The minimum atomic E-state index is -3.82. The van der Waals surface area contributed by atoms with E-state index in [0.717, 1.165) is 5.56 Å². The summed E-state index contributed by atoms with van der Waals surface area (Å²) in [4.78, 5) is 24.9. The van der Waals surface area contributed by atoms with Gasteiger partial charge < -0.3 is 15.4 Å². The van der Waals surface area contributed by atoms with Crippen LogP contribution in [-0.4, -0.2) is 33.3 Å². The quantitative estimate of drug-likeness (QED) is 0.732. The van der Waals surface area contributed by atoms with Crippen molar-refractivity contribution in [1.29, 1.82) is 0 Å². The van der Waals surface area contributed by atoms with Gasteiger partial charge >= 0.3 is 12.0 Å². The highest BCUT2D eigenvalue weighted by Crippen LogP contribution is 2.29. The second kappa shape index (κ2) is 8.08. The van der Waals surface area contributed by atoms with Gasteiger partial charge in [-0.25, -0.2) is 18.0 Å². The number of amides is 2. The molecule has 1 unspecified atom stereocenters. The van der Waals surface area contributed by atoms with E-state index in [0.29, 0.717) is 11.1 Å². The summed E-state index contributed by atoms with van der Waals surface area (Å²) >= 11 is 0. The summed E-state index contributed by atoms with van der Waals surface area (Å²) in [6, 6.07) is 12.5. The van der Waals surface area contributed by atoms with Crippen molar-refractivity contribution < 1.29 is 22.7 Å². The number of urea groups is 1. The fraction of sp³-hybridized carbons (Fsp3) is 0.238. The molecule has 2 amide bonds.